The van der Waals surface area contributed by atoms with Crippen LogP contribution >= 0.6 is 0 Å². The minimum Gasteiger partial charge on any atom is -0.370 e. The van der Waals surface area contributed by atoms with Crippen LogP contribution in [0.3, 0.4) is 0 Å². The van der Waals surface area contributed by atoms with Crippen molar-refractivity contribution in [1.82, 2.24) is 14.8 Å². The third-order valence-electron chi connectivity index (χ3n) is 6.25. The molecule has 0 spiro atoms. The number of hydrogen-bond donors (Lipinski definition) is 0. The quantitative estimate of drug-likeness (QED) is 0.796. The molecule has 2 fully saturated rings. The highest BCUT2D eigenvalue weighted by Gasteiger charge is 2.49. The van der Waals surface area contributed by atoms with E-state index in [1.165, 1.54) is 17.3 Å². The molecule has 0 unspecified atom stereocenters. The number of rotatable bonds is 2. The third kappa shape index (κ3) is 3.11. The van der Waals surface area contributed by atoms with Gasteiger partial charge in [0.25, 0.3) is 0 Å². The van der Waals surface area contributed by atoms with E-state index in [4.69, 9.17) is 0 Å². The number of likely N-dealkylation sites (tertiary alicyclic amines) is 1. The molecular formula is C22H27FN4O. The fraction of sp³-hybridized carbons (Fsp3) is 0.455. The molecule has 0 N–H and O–H groups in total. The number of anilines is 1. The predicted octanol–water partition coefficient (Wildman–Crippen LogP) is 3.63. The number of urea groups is 1. The van der Waals surface area contributed by atoms with Crippen molar-refractivity contribution in [3.8, 4) is 0 Å². The van der Waals surface area contributed by atoms with Crippen molar-refractivity contribution >= 4 is 11.7 Å². The van der Waals surface area contributed by atoms with E-state index in [-0.39, 0.29) is 23.8 Å². The van der Waals surface area contributed by atoms with Crippen LogP contribution in [-0.2, 0) is 0 Å². The third-order valence-corrected chi connectivity index (χ3v) is 6.25. The van der Waals surface area contributed by atoms with Crippen LogP contribution in [-0.4, -0.2) is 54.5 Å². The van der Waals surface area contributed by atoms with Crippen molar-refractivity contribution in [3.63, 3.8) is 0 Å². The number of hydrogen-bond acceptors (Lipinski definition) is 3. The van der Waals surface area contributed by atoms with Gasteiger partial charge in [0.15, 0.2) is 0 Å². The molecule has 2 aliphatic heterocycles. The number of amides is 2. The first-order chi connectivity index (χ1) is 13.4. The highest BCUT2D eigenvalue weighted by Crippen LogP contribution is 2.46. The molecule has 6 heteroatoms. The van der Waals surface area contributed by atoms with E-state index in [1.807, 2.05) is 24.1 Å². The zero-order chi connectivity index (χ0) is 20.0. The Balaban J connectivity index is 1.67. The van der Waals surface area contributed by atoms with E-state index in [9.17, 15) is 9.18 Å². The van der Waals surface area contributed by atoms with Crippen LogP contribution in [0.1, 0.15) is 22.9 Å². The van der Waals surface area contributed by atoms with Crippen molar-refractivity contribution in [2.45, 2.75) is 19.9 Å². The number of nitrogens with zero attached hydrogens (tertiary/aromatic N) is 4. The lowest BCUT2D eigenvalue weighted by Gasteiger charge is -2.32. The Labute approximate surface area is 165 Å². The smallest absolute Gasteiger partial charge is 0.320 e. The van der Waals surface area contributed by atoms with Crippen LogP contribution in [0.15, 0.2) is 36.5 Å². The second kappa shape index (κ2) is 7.08. The summed E-state index contributed by atoms with van der Waals surface area (Å²) >= 11 is 0. The van der Waals surface area contributed by atoms with Crippen molar-refractivity contribution in [1.29, 1.82) is 0 Å². The fourth-order valence-electron chi connectivity index (χ4n) is 4.78. The molecule has 0 bridgehead atoms. The number of aryl methyl sites for hydroxylation is 1. The van der Waals surface area contributed by atoms with Crippen molar-refractivity contribution in [2.24, 2.45) is 11.8 Å². The molecule has 0 radical (unpaired) electrons. The fourth-order valence-corrected chi connectivity index (χ4v) is 4.78. The first-order valence-electron chi connectivity index (χ1n) is 9.77. The van der Waals surface area contributed by atoms with Crippen LogP contribution in [0.5, 0.6) is 0 Å². The lowest BCUT2D eigenvalue weighted by atomic mass is 9.89. The summed E-state index contributed by atoms with van der Waals surface area (Å²) in [6.45, 7) is 6.59. The number of pyridine rings is 1. The normalized spacial score (nSPS) is 23.8. The van der Waals surface area contributed by atoms with Crippen molar-refractivity contribution in [2.75, 3.05) is 38.6 Å². The van der Waals surface area contributed by atoms with E-state index >= 15 is 0 Å². The van der Waals surface area contributed by atoms with E-state index in [2.05, 4.69) is 22.9 Å². The van der Waals surface area contributed by atoms with Crippen LogP contribution < -0.4 is 4.90 Å². The standard InChI is InChI=1S/C22H27FN4O/c1-14-15(2)24-9-8-20(14)26-11-17-12-27(22(28)25(3)4)21(19(17)13-26)16-6-5-7-18(23)10-16/h5-10,17,19,21H,11-13H2,1-4H3/t17-,19-,21-/m1/s1. The Hall–Kier alpha value is -2.63. The molecule has 3 heterocycles. The zero-order valence-electron chi connectivity index (χ0n) is 16.9. The van der Waals surface area contributed by atoms with Crippen molar-refractivity contribution in [3.05, 3.63) is 59.2 Å². The van der Waals surface area contributed by atoms with E-state index in [0.717, 1.165) is 24.3 Å². The molecule has 2 aromatic rings. The summed E-state index contributed by atoms with van der Waals surface area (Å²) in [5.41, 5.74) is 4.34. The molecule has 4 rings (SSSR count). The summed E-state index contributed by atoms with van der Waals surface area (Å²) < 4.78 is 14.0. The van der Waals surface area contributed by atoms with Gasteiger partial charge in [0.1, 0.15) is 5.82 Å². The Kier molecular flexibility index (Phi) is 4.73. The topological polar surface area (TPSA) is 39.7 Å². The summed E-state index contributed by atoms with van der Waals surface area (Å²) in [6, 6.07) is 8.67. The molecule has 1 aromatic heterocycles. The van der Waals surface area contributed by atoms with Gasteiger partial charge in [-0.3, -0.25) is 4.98 Å². The maximum atomic E-state index is 14.0. The molecule has 1 aromatic carbocycles. The lowest BCUT2D eigenvalue weighted by molar-refractivity contribution is 0.159. The minimum absolute atomic E-state index is 0.00820. The first kappa shape index (κ1) is 18.7. The summed E-state index contributed by atoms with van der Waals surface area (Å²) in [5.74, 6) is 0.386. The number of fused-ring (bicyclic) bond motifs is 1. The van der Waals surface area contributed by atoms with E-state index < -0.39 is 0 Å². The average molecular weight is 382 g/mol. The first-order valence-corrected chi connectivity index (χ1v) is 9.77. The molecule has 28 heavy (non-hydrogen) atoms. The molecular weight excluding hydrogens is 355 g/mol. The van der Waals surface area contributed by atoms with Gasteiger partial charge >= 0.3 is 6.03 Å². The average Bonchev–Trinajstić information content (AvgIpc) is 3.20. The molecule has 0 saturated carbocycles. The second-order valence-electron chi connectivity index (χ2n) is 8.20. The molecule has 2 aliphatic rings. The van der Waals surface area contributed by atoms with Gasteiger partial charge < -0.3 is 14.7 Å². The van der Waals surface area contributed by atoms with Crippen molar-refractivity contribution < 1.29 is 9.18 Å². The number of aromatic nitrogens is 1. The largest absolute Gasteiger partial charge is 0.370 e. The summed E-state index contributed by atoms with van der Waals surface area (Å²) in [7, 11) is 3.54. The van der Waals surface area contributed by atoms with Crippen LogP contribution in [0, 0.1) is 31.5 Å². The lowest BCUT2D eigenvalue weighted by Crippen LogP contribution is -2.41. The number of halogens is 1. The Bertz CT molecular complexity index is 900. The molecule has 5 nitrogen and oxygen atoms in total. The van der Waals surface area contributed by atoms with Gasteiger partial charge in [0, 0.05) is 63.1 Å². The van der Waals surface area contributed by atoms with Gasteiger partial charge in [-0.1, -0.05) is 12.1 Å². The Morgan fingerprint density at radius 2 is 1.96 bits per heavy atom. The van der Waals surface area contributed by atoms with Gasteiger partial charge in [-0.25, -0.2) is 9.18 Å². The molecule has 0 aliphatic carbocycles. The molecule has 3 atom stereocenters. The van der Waals surface area contributed by atoms with E-state index in [0.29, 0.717) is 12.5 Å². The Morgan fingerprint density at radius 1 is 1.18 bits per heavy atom. The van der Waals surface area contributed by atoms with E-state index in [1.54, 1.807) is 31.1 Å². The summed E-state index contributed by atoms with van der Waals surface area (Å²) in [5, 5.41) is 0. The number of carbonyl (C=O) groups is 1. The van der Waals surface area contributed by atoms with Gasteiger partial charge in [-0.05, 0) is 43.2 Å². The molecule has 2 amide bonds. The highest BCUT2D eigenvalue weighted by molar-refractivity contribution is 5.75. The number of carbonyl (C=O) groups excluding carboxylic acids is 1. The van der Waals surface area contributed by atoms with Gasteiger partial charge in [-0.15, -0.1) is 0 Å². The maximum absolute atomic E-state index is 14.0. The van der Waals surface area contributed by atoms with Crippen LogP contribution in [0.2, 0.25) is 0 Å². The SMILES string of the molecule is Cc1nccc(N2C[C@@H]3CN(C(=O)N(C)C)[C@H](c4cccc(F)c4)[C@@H]3C2)c1C. The molecule has 2 saturated heterocycles. The predicted molar refractivity (Wildman–Crippen MR) is 108 cm³/mol. The van der Waals surface area contributed by atoms with Gasteiger partial charge in [0.2, 0.25) is 0 Å². The zero-order valence-corrected chi connectivity index (χ0v) is 16.9. The minimum atomic E-state index is -0.256. The Morgan fingerprint density at radius 3 is 2.68 bits per heavy atom. The van der Waals surface area contributed by atoms with Gasteiger partial charge in [-0.2, -0.15) is 0 Å². The second-order valence-corrected chi connectivity index (χ2v) is 8.20. The summed E-state index contributed by atoms with van der Waals surface area (Å²) in [4.78, 5) is 23.2. The molecule has 148 valence electrons. The monoisotopic (exact) mass is 382 g/mol. The maximum Gasteiger partial charge on any atom is 0.320 e. The van der Waals surface area contributed by atoms with Crippen LogP contribution in [0.25, 0.3) is 0 Å². The number of benzene rings is 1. The highest BCUT2D eigenvalue weighted by atomic mass is 19.1. The van der Waals surface area contributed by atoms with Gasteiger partial charge in [0.05, 0.1) is 6.04 Å². The van der Waals surface area contributed by atoms with Crippen LogP contribution in [0.4, 0.5) is 14.9 Å². The summed E-state index contributed by atoms with van der Waals surface area (Å²) in [6.07, 6.45) is 1.86.